The molecule has 0 radical (unpaired) electrons. The predicted octanol–water partition coefficient (Wildman–Crippen LogP) is 1.41. The molecule has 1 saturated heterocycles. The second-order valence-electron chi connectivity index (χ2n) is 5.77. The number of pyridine rings is 1. The van der Waals surface area contributed by atoms with Gasteiger partial charge in [-0.1, -0.05) is 13.8 Å². The summed E-state index contributed by atoms with van der Waals surface area (Å²) in [5, 5.41) is 4.44. The molecule has 1 aromatic heterocycles. The van der Waals surface area contributed by atoms with Crippen LogP contribution in [0.3, 0.4) is 0 Å². The minimum Gasteiger partial charge on any atom is -0.277 e. The summed E-state index contributed by atoms with van der Waals surface area (Å²) in [5.74, 6) is -0.842. The van der Waals surface area contributed by atoms with Gasteiger partial charge in [0.1, 0.15) is 5.41 Å². The smallest absolute Gasteiger partial charge is 0.277 e. The minimum atomic E-state index is -1.19. The summed E-state index contributed by atoms with van der Waals surface area (Å²) in [4.78, 5) is 39.8. The zero-order valence-corrected chi connectivity index (χ0v) is 12.2. The van der Waals surface area contributed by atoms with E-state index in [-0.39, 0.29) is 5.92 Å². The average molecular weight is 289 g/mol. The molecule has 0 spiro atoms. The molecule has 2 N–H and O–H groups in total. The van der Waals surface area contributed by atoms with E-state index >= 15 is 0 Å². The molecule has 1 aliphatic heterocycles. The van der Waals surface area contributed by atoms with E-state index in [1.54, 1.807) is 12.4 Å². The molecule has 1 aromatic rings. The van der Waals surface area contributed by atoms with Crippen molar-refractivity contribution >= 4 is 17.8 Å². The third-order valence-corrected chi connectivity index (χ3v) is 3.67. The normalized spacial score (nSPS) is 17.6. The second kappa shape index (κ2) is 6.03. The lowest BCUT2D eigenvalue weighted by Crippen LogP contribution is -2.62. The van der Waals surface area contributed by atoms with Gasteiger partial charge in [0.2, 0.25) is 11.8 Å². The quantitative estimate of drug-likeness (QED) is 0.802. The summed E-state index contributed by atoms with van der Waals surface area (Å²) >= 11 is 0. The summed E-state index contributed by atoms with van der Waals surface area (Å²) in [6.07, 6.45) is 4.69. The lowest BCUT2D eigenvalue weighted by Gasteiger charge is -2.35. The molecule has 21 heavy (non-hydrogen) atoms. The molecule has 4 amide bonds. The summed E-state index contributed by atoms with van der Waals surface area (Å²) in [5.41, 5.74) is -0.184. The molecule has 2 heterocycles. The molecular weight excluding hydrogens is 270 g/mol. The number of aryl methyl sites for hydroxylation is 1. The highest BCUT2D eigenvalue weighted by Gasteiger charge is 2.49. The van der Waals surface area contributed by atoms with Crippen LogP contribution in [0.15, 0.2) is 24.5 Å². The van der Waals surface area contributed by atoms with Gasteiger partial charge in [0.15, 0.2) is 0 Å². The Kier molecular flexibility index (Phi) is 4.35. The average Bonchev–Trinajstić information content (AvgIpc) is 2.42. The Morgan fingerprint density at radius 3 is 2.19 bits per heavy atom. The van der Waals surface area contributed by atoms with Crippen LogP contribution >= 0.6 is 0 Å². The Morgan fingerprint density at radius 1 is 1.10 bits per heavy atom. The van der Waals surface area contributed by atoms with Gasteiger partial charge in [0.25, 0.3) is 0 Å². The number of rotatable bonds is 5. The van der Waals surface area contributed by atoms with E-state index < -0.39 is 23.3 Å². The van der Waals surface area contributed by atoms with Crippen LogP contribution < -0.4 is 10.6 Å². The van der Waals surface area contributed by atoms with Crippen molar-refractivity contribution in [3.63, 3.8) is 0 Å². The van der Waals surface area contributed by atoms with Gasteiger partial charge in [0, 0.05) is 12.4 Å². The summed E-state index contributed by atoms with van der Waals surface area (Å²) < 4.78 is 0. The van der Waals surface area contributed by atoms with Crippen molar-refractivity contribution in [1.29, 1.82) is 0 Å². The number of urea groups is 1. The molecule has 0 aliphatic carbocycles. The highest BCUT2D eigenvalue weighted by atomic mass is 16.2. The molecule has 0 atom stereocenters. The third kappa shape index (κ3) is 3.26. The zero-order chi connectivity index (χ0) is 15.5. The Balaban J connectivity index is 2.22. The van der Waals surface area contributed by atoms with Crippen molar-refractivity contribution in [3.8, 4) is 0 Å². The van der Waals surface area contributed by atoms with Crippen molar-refractivity contribution < 1.29 is 14.4 Å². The van der Waals surface area contributed by atoms with Gasteiger partial charge >= 0.3 is 6.03 Å². The van der Waals surface area contributed by atoms with Gasteiger partial charge in [-0.2, -0.15) is 0 Å². The van der Waals surface area contributed by atoms with Gasteiger partial charge in [-0.25, -0.2) is 4.79 Å². The monoisotopic (exact) mass is 289 g/mol. The fourth-order valence-electron chi connectivity index (χ4n) is 2.70. The van der Waals surface area contributed by atoms with E-state index in [2.05, 4.69) is 15.6 Å². The standard InChI is InChI=1S/C15H19N3O3/c1-10(2)9-15(6-3-11-4-7-16-8-5-11)12(19)17-14(21)18-13(15)20/h4-5,7-8,10H,3,6,9H2,1-2H3,(H2,17,18,19,20,21). The molecule has 1 fully saturated rings. The van der Waals surface area contributed by atoms with Crippen molar-refractivity contribution in [2.45, 2.75) is 33.1 Å². The van der Waals surface area contributed by atoms with Crippen molar-refractivity contribution in [1.82, 2.24) is 15.6 Å². The number of imide groups is 2. The molecule has 6 nitrogen and oxygen atoms in total. The summed E-state index contributed by atoms with van der Waals surface area (Å²) in [6.45, 7) is 3.90. The Hall–Kier alpha value is -2.24. The number of carbonyl (C=O) groups is 3. The minimum absolute atomic E-state index is 0.159. The van der Waals surface area contributed by atoms with Crippen LogP contribution in [0.1, 0.15) is 32.3 Å². The molecule has 0 unspecified atom stereocenters. The number of aromatic nitrogens is 1. The maximum atomic E-state index is 12.3. The molecule has 2 rings (SSSR count). The molecular formula is C15H19N3O3. The number of amides is 4. The first-order valence-electron chi connectivity index (χ1n) is 7.00. The second-order valence-corrected chi connectivity index (χ2v) is 5.77. The van der Waals surface area contributed by atoms with E-state index in [1.165, 1.54) is 0 Å². The molecule has 0 bridgehead atoms. The lowest BCUT2D eigenvalue weighted by atomic mass is 9.73. The van der Waals surface area contributed by atoms with E-state index in [4.69, 9.17) is 0 Å². The van der Waals surface area contributed by atoms with Gasteiger partial charge in [0.05, 0.1) is 0 Å². The maximum absolute atomic E-state index is 12.3. The summed E-state index contributed by atoms with van der Waals surface area (Å²) in [6, 6.07) is 2.97. The van der Waals surface area contributed by atoms with E-state index in [1.807, 2.05) is 26.0 Å². The highest BCUT2D eigenvalue weighted by molar-refractivity contribution is 6.19. The van der Waals surface area contributed by atoms with Crippen molar-refractivity contribution in [3.05, 3.63) is 30.1 Å². The van der Waals surface area contributed by atoms with Crippen LogP contribution in [0.2, 0.25) is 0 Å². The fraction of sp³-hybridized carbons (Fsp3) is 0.467. The van der Waals surface area contributed by atoms with Crippen LogP contribution in [-0.2, 0) is 16.0 Å². The molecule has 0 aromatic carbocycles. The third-order valence-electron chi connectivity index (χ3n) is 3.67. The Labute approximate surface area is 123 Å². The fourth-order valence-corrected chi connectivity index (χ4v) is 2.70. The Bertz CT molecular complexity index is 535. The van der Waals surface area contributed by atoms with Crippen molar-refractivity contribution in [2.24, 2.45) is 11.3 Å². The van der Waals surface area contributed by atoms with E-state index in [9.17, 15) is 14.4 Å². The number of nitrogens with zero attached hydrogens (tertiary/aromatic N) is 1. The molecule has 112 valence electrons. The first-order valence-corrected chi connectivity index (χ1v) is 7.00. The number of hydrogen-bond donors (Lipinski definition) is 2. The molecule has 0 saturated carbocycles. The molecule has 1 aliphatic rings. The van der Waals surface area contributed by atoms with Gasteiger partial charge in [-0.05, 0) is 42.9 Å². The number of barbiturate groups is 1. The lowest BCUT2D eigenvalue weighted by molar-refractivity contribution is -0.146. The van der Waals surface area contributed by atoms with Crippen LogP contribution in [0, 0.1) is 11.3 Å². The topological polar surface area (TPSA) is 88.2 Å². The van der Waals surface area contributed by atoms with Crippen molar-refractivity contribution in [2.75, 3.05) is 0 Å². The Morgan fingerprint density at radius 2 is 1.67 bits per heavy atom. The van der Waals surface area contributed by atoms with Crippen LogP contribution in [0.5, 0.6) is 0 Å². The van der Waals surface area contributed by atoms with E-state index in [0.29, 0.717) is 19.3 Å². The SMILES string of the molecule is CC(C)CC1(CCc2ccncc2)C(=O)NC(=O)NC1=O. The molecule has 6 heteroatoms. The number of hydrogen-bond acceptors (Lipinski definition) is 4. The largest absolute Gasteiger partial charge is 0.328 e. The zero-order valence-electron chi connectivity index (χ0n) is 12.2. The van der Waals surface area contributed by atoms with Gasteiger partial charge in [-0.3, -0.25) is 25.2 Å². The maximum Gasteiger partial charge on any atom is 0.328 e. The van der Waals surface area contributed by atoms with Crippen LogP contribution in [-0.4, -0.2) is 22.8 Å². The van der Waals surface area contributed by atoms with Crippen LogP contribution in [0.25, 0.3) is 0 Å². The van der Waals surface area contributed by atoms with Gasteiger partial charge in [-0.15, -0.1) is 0 Å². The van der Waals surface area contributed by atoms with Crippen LogP contribution in [0.4, 0.5) is 4.79 Å². The number of nitrogens with one attached hydrogen (secondary N) is 2. The first kappa shape index (κ1) is 15.2. The highest BCUT2D eigenvalue weighted by Crippen LogP contribution is 2.34. The number of carbonyl (C=O) groups excluding carboxylic acids is 3. The predicted molar refractivity (Wildman–Crippen MR) is 76.1 cm³/mol. The van der Waals surface area contributed by atoms with Gasteiger partial charge < -0.3 is 0 Å². The first-order chi connectivity index (χ1) is 9.94. The van der Waals surface area contributed by atoms with E-state index in [0.717, 1.165) is 5.56 Å². The summed E-state index contributed by atoms with van der Waals surface area (Å²) in [7, 11) is 0.